The Balaban J connectivity index is 2.50. The van der Waals surface area contributed by atoms with Gasteiger partial charge in [-0.1, -0.05) is 17.7 Å². The van der Waals surface area contributed by atoms with Crippen molar-refractivity contribution in [3.8, 4) is 5.75 Å². The molecule has 0 radical (unpaired) electrons. The van der Waals surface area contributed by atoms with Crippen LogP contribution in [0.15, 0.2) is 29.5 Å². The second-order valence-corrected chi connectivity index (χ2v) is 4.68. The summed E-state index contributed by atoms with van der Waals surface area (Å²) in [6.45, 7) is 1.61. The molecule has 1 aliphatic rings. The van der Waals surface area contributed by atoms with E-state index in [1.807, 2.05) is 0 Å². The van der Waals surface area contributed by atoms with Crippen LogP contribution in [0.25, 0.3) is 0 Å². The third-order valence-corrected chi connectivity index (χ3v) is 3.28. The van der Waals surface area contributed by atoms with E-state index in [4.69, 9.17) is 16.3 Å². The number of carbonyl (C=O) groups excluding carboxylic acids is 2. The number of amides is 2. The lowest BCUT2D eigenvalue weighted by molar-refractivity contribution is -0.136. The molecular weight excluding hydrogens is 284 g/mol. The number of urea groups is 1. The summed E-state index contributed by atoms with van der Waals surface area (Å²) in [5.41, 5.74) is 1.27. The molecule has 0 bridgehead atoms. The molecule has 1 heterocycles. The quantitative estimate of drug-likeness (QED) is 0.727. The van der Waals surface area contributed by atoms with E-state index in [-0.39, 0.29) is 16.3 Å². The molecule has 0 saturated heterocycles. The largest absolute Gasteiger partial charge is 0.506 e. The van der Waals surface area contributed by atoms with Gasteiger partial charge < -0.3 is 20.5 Å². The first-order chi connectivity index (χ1) is 9.43. The molecule has 2 rings (SSSR count). The third-order valence-electron chi connectivity index (χ3n) is 2.98. The number of nitrogens with one attached hydrogen (secondary N) is 2. The number of phenols is 1. The number of esters is 1. The highest BCUT2D eigenvalue weighted by atomic mass is 35.5. The summed E-state index contributed by atoms with van der Waals surface area (Å²) < 4.78 is 4.73. The number of hydrogen-bond donors (Lipinski definition) is 3. The van der Waals surface area contributed by atoms with Gasteiger partial charge in [0.1, 0.15) is 5.75 Å². The lowest BCUT2D eigenvalue weighted by Crippen LogP contribution is -2.45. The van der Waals surface area contributed by atoms with Crippen LogP contribution in [0.2, 0.25) is 5.02 Å². The van der Waals surface area contributed by atoms with E-state index in [0.717, 1.165) is 0 Å². The van der Waals surface area contributed by atoms with E-state index in [0.29, 0.717) is 11.3 Å². The minimum atomic E-state index is -0.686. The van der Waals surface area contributed by atoms with Gasteiger partial charge in [0.05, 0.1) is 23.7 Å². The van der Waals surface area contributed by atoms with Crippen LogP contribution < -0.4 is 10.6 Å². The molecule has 2 amide bonds. The number of methoxy groups -OCH3 is 1. The van der Waals surface area contributed by atoms with Crippen LogP contribution >= 0.6 is 11.6 Å². The van der Waals surface area contributed by atoms with Gasteiger partial charge in [-0.05, 0) is 24.6 Å². The Bertz CT molecular complexity index is 612. The van der Waals surface area contributed by atoms with Crippen LogP contribution in [-0.4, -0.2) is 24.2 Å². The SMILES string of the molecule is COC(=O)C1=C(C)NC(=O)NC1c1ccc(O)c(Cl)c1. The molecule has 1 atom stereocenters. The minimum absolute atomic E-state index is 0.0732. The molecule has 6 nitrogen and oxygen atoms in total. The van der Waals surface area contributed by atoms with Gasteiger partial charge >= 0.3 is 12.0 Å². The molecule has 0 fully saturated rings. The van der Waals surface area contributed by atoms with Crippen LogP contribution in [0.4, 0.5) is 4.79 Å². The van der Waals surface area contributed by atoms with Crippen LogP contribution in [0.3, 0.4) is 0 Å². The van der Waals surface area contributed by atoms with E-state index < -0.39 is 18.0 Å². The maximum absolute atomic E-state index is 11.9. The number of allylic oxidation sites excluding steroid dienone is 1. The summed E-state index contributed by atoms with van der Waals surface area (Å²) in [6.07, 6.45) is 0. The van der Waals surface area contributed by atoms with Gasteiger partial charge in [-0.15, -0.1) is 0 Å². The Kier molecular flexibility index (Phi) is 3.85. The molecule has 1 aliphatic heterocycles. The van der Waals surface area contributed by atoms with Crippen molar-refractivity contribution in [2.24, 2.45) is 0 Å². The first-order valence-electron chi connectivity index (χ1n) is 5.79. The molecule has 0 saturated carbocycles. The predicted molar refractivity (Wildman–Crippen MR) is 72.2 cm³/mol. The summed E-state index contributed by atoms with van der Waals surface area (Å²) in [7, 11) is 1.26. The fraction of sp³-hybridized carbons (Fsp3) is 0.231. The van der Waals surface area contributed by atoms with Crippen LogP contribution in [-0.2, 0) is 9.53 Å². The molecule has 1 unspecified atom stereocenters. The molecule has 3 N–H and O–H groups in total. The van der Waals surface area contributed by atoms with Crippen molar-refractivity contribution in [2.75, 3.05) is 7.11 Å². The summed E-state index contributed by atoms with van der Waals surface area (Å²) in [5.74, 6) is -0.625. The first-order valence-corrected chi connectivity index (χ1v) is 6.17. The Labute approximate surface area is 120 Å². The second-order valence-electron chi connectivity index (χ2n) is 4.27. The maximum atomic E-state index is 11.9. The highest BCUT2D eigenvalue weighted by Gasteiger charge is 2.32. The number of benzene rings is 1. The topological polar surface area (TPSA) is 87.7 Å². The number of halogens is 1. The molecule has 0 aromatic heterocycles. The molecule has 1 aromatic rings. The van der Waals surface area contributed by atoms with Gasteiger partial charge in [0, 0.05) is 5.70 Å². The van der Waals surface area contributed by atoms with Gasteiger partial charge in [0.15, 0.2) is 0 Å². The molecule has 0 spiro atoms. The number of phenolic OH excluding ortho intramolecular Hbond substituents is 1. The molecule has 106 valence electrons. The van der Waals surface area contributed by atoms with Gasteiger partial charge in [-0.25, -0.2) is 9.59 Å². The van der Waals surface area contributed by atoms with Gasteiger partial charge in [-0.3, -0.25) is 0 Å². The number of hydrogen-bond acceptors (Lipinski definition) is 4. The van der Waals surface area contributed by atoms with Crippen molar-refractivity contribution in [3.63, 3.8) is 0 Å². The van der Waals surface area contributed by atoms with Gasteiger partial charge in [0.25, 0.3) is 0 Å². The van der Waals surface area contributed by atoms with Gasteiger partial charge in [-0.2, -0.15) is 0 Å². The minimum Gasteiger partial charge on any atom is -0.506 e. The molecule has 7 heteroatoms. The Morgan fingerprint density at radius 2 is 2.15 bits per heavy atom. The van der Waals surface area contributed by atoms with Gasteiger partial charge in [0.2, 0.25) is 0 Å². The number of ether oxygens (including phenoxy) is 1. The lowest BCUT2D eigenvalue weighted by atomic mass is 9.95. The van der Waals surface area contributed by atoms with E-state index >= 15 is 0 Å². The summed E-state index contributed by atoms with van der Waals surface area (Å²) in [5, 5.41) is 14.7. The highest BCUT2D eigenvalue weighted by Crippen LogP contribution is 2.32. The zero-order valence-electron chi connectivity index (χ0n) is 10.9. The predicted octanol–water partition coefficient (Wildman–Crippen LogP) is 1.85. The number of carbonyl (C=O) groups is 2. The van der Waals surface area contributed by atoms with Crippen molar-refractivity contribution < 1.29 is 19.4 Å². The van der Waals surface area contributed by atoms with E-state index in [2.05, 4.69) is 10.6 Å². The summed E-state index contributed by atoms with van der Waals surface area (Å²) in [6, 6.07) is 3.35. The standard InChI is InChI=1S/C13H13ClN2O4/c1-6-10(12(18)20-2)11(16-13(19)15-6)7-3-4-9(17)8(14)5-7/h3-5,11,17H,1-2H3,(H2,15,16,19). The Hall–Kier alpha value is -2.21. The zero-order chi connectivity index (χ0) is 14.9. The van der Waals surface area contributed by atoms with Crippen molar-refractivity contribution >= 4 is 23.6 Å². The molecular formula is C13H13ClN2O4. The monoisotopic (exact) mass is 296 g/mol. The fourth-order valence-corrected chi connectivity index (χ4v) is 2.22. The average molecular weight is 297 g/mol. The molecule has 0 aliphatic carbocycles. The van der Waals surface area contributed by atoms with Crippen LogP contribution in [0.5, 0.6) is 5.75 Å². The van der Waals surface area contributed by atoms with Crippen molar-refractivity contribution in [1.82, 2.24) is 10.6 Å². The van der Waals surface area contributed by atoms with Crippen molar-refractivity contribution in [2.45, 2.75) is 13.0 Å². The van der Waals surface area contributed by atoms with Crippen molar-refractivity contribution in [1.29, 1.82) is 0 Å². The Morgan fingerprint density at radius 1 is 1.45 bits per heavy atom. The highest BCUT2D eigenvalue weighted by molar-refractivity contribution is 6.32. The smallest absolute Gasteiger partial charge is 0.337 e. The van der Waals surface area contributed by atoms with Crippen LogP contribution in [0, 0.1) is 0 Å². The lowest BCUT2D eigenvalue weighted by Gasteiger charge is -2.27. The number of rotatable bonds is 2. The van der Waals surface area contributed by atoms with E-state index in [9.17, 15) is 14.7 Å². The summed E-state index contributed by atoms with van der Waals surface area (Å²) >= 11 is 5.86. The second kappa shape index (κ2) is 5.42. The molecule has 20 heavy (non-hydrogen) atoms. The average Bonchev–Trinajstić information content (AvgIpc) is 2.40. The maximum Gasteiger partial charge on any atom is 0.337 e. The number of aromatic hydroxyl groups is 1. The van der Waals surface area contributed by atoms with Crippen molar-refractivity contribution in [3.05, 3.63) is 40.1 Å². The summed E-state index contributed by atoms with van der Waals surface area (Å²) in [4.78, 5) is 23.4. The van der Waals surface area contributed by atoms with Crippen LogP contribution in [0.1, 0.15) is 18.5 Å². The van der Waals surface area contributed by atoms with E-state index in [1.54, 1.807) is 13.0 Å². The Morgan fingerprint density at radius 3 is 2.75 bits per heavy atom. The molecule has 1 aromatic carbocycles. The normalized spacial score (nSPS) is 18.4. The van der Waals surface area contributed by atoms with E-state index in [1.165, 1.54) is 19.2 Å². The zero-order valence-corrected chi connectivity index (χ0v) is 11.6. The fourth-order valence-electron chi connectivity index (χ4n) is 2.03. The third kappa shape index (κ3) is 2.55. The first kappa shape index (κ1) is 14.2.